The van der Waals surface area contributed by atoms with E-state index in [0.717, 1.165) is 5.69 Å². The van der Waals surface area contributed by atoms with Gasteiger partial charge in [0.25, 0.3) is 0 Å². The van der Waals surface area contributed by atoms with Crippen LogP contribution in [0.5, 0.6) is 0 Å². The molecule has 0 aliphatic rings. The molecule has 0 spiro atoms. The SMILES string of the molecule is COC(=O)C(N)Cc1c(Br)ncn1C. The molecule has 1 aromatic rings. The monoisotopic (exact) mass is 261 g/mol. The van der Waals surface area contributed by atoms with Crippen LogP contribution in [0.15, 0.2) is 10.9 Å². The van der Waals surface area contributed by atoms with Crippen molar-refractivity contribution in [2.75, 3.05) is 7.11 Å². The molecule has 1 heterocycles. The number of halogens is 1. The van der Waals surface area contributed by atoms with Gasteiger partial charge in [-0.2, -0.15) is 0 Å². The zero-order valence-electron chi connectivity index (χ0n) is 8.03. The number of carbonyl (C=O) groups is 1. The molecule has 0 radical (unpaired) electrons. The van der Waals surface area contributed by atoms with Crippen LogP contribution in [0.4, 0.5) is 0 Å². The van der Waals surface area contributed by atoms with Crippen molar-refractivity contribution in [1.82, 2.24) is 9.55 Å². The van der Waals surface area contributed by atoms with Gasteiger partial charge in [-0.1, -0.05) is 0 Å². The molecule has 0 bridgehead atoms. The number of hydrogen-bond acceptors (Lipinski definition) is 4. The molecule has 0 aromatic carbocycles. The van der Waals surface area contributed by atoms with E-state index in [9.17, 15) is 4.79 Å². The van der Waals surface area contributed by atoms with Crippen LogP contribution in [0, 0.1) is 0 Å². The van der Waals surface area contributed by atoms with Crippen LogP contribution < -0.4 is 5.73 Å². The van der Waals surface area contributed by atoms with E-state index in [0.29, 0.717) is 11.0 Å². The van der Waals surface area contributed by atoms with Gasteiger partial charge in [0.1, 0.15) is 10.6 Å². The van der Waals surface area contributed by atoms with Crippen LogP contribution in [0.1, 0.15) is 5.69 Å². The summed E-state index contributed by atoms with van der Waals surface area (Å²) in [4.78, 5) is 15.1. The van der Waals surface area contributed by atoms with Crippen molar-refractivity contribution in [3.05, 3.63) is 16.6 Å². The first kappa shape index (κ1) is 11.2. The molecule has 78 valence electrons. The summed E-state index contributed by atoms with van der Waals surface area (Å²) in [7, 11) is 3.16. The molecule has 1 unspecified atom stereocenters. The van der Waals surface area contributed by atoms with Crippen molar-refractivity contribution in [3.8, 4) is 0 Å². The van der Waals surface area contributed by atoms with E-state index in [-0.39, 0.29) is 0 Å². The Hall–Kier alpha value is -0.880. The van der Waals surface area contributed by atoms with Gasteiger partial charge in [-0.15, -0.1) is 0 Å². The van der Waals surface area contributed by atoms with E-state index in [1.54, 1.807) is 6.33 Å². The zero-order chi connectivity index (χ0) is 10.7. The third kappa shape index (κ3) is 2.33. The number of aryl methyl sites for hydroxylation is 1. The van der Waals surface area contributed by atoms with Gasteiger partial charge in [0.2, 0.25) is 0 Å². The molecular formula is C8H12BrN3O2. The Labute approximate surface area is 90.4 Å². The number of nitrogens with zero attached hydrogens (tertiary/aromatic N) is 2. The summed E-state index contributed by atoms with van der Waals surface area (Å²) in [5, 5.41) is 0. The van der Waals surface area contributed by atoms with Crippen LogP contribution >= 0.6 is 15.9 Å². The highest BCUT2D eigenvalue weighted by Crippen LogP contribution is 2.15. The lowest BCUT2D eigenvalue weighted by Crippen LogP contribution is -2.34. The third-order valence-electron chi connectivity index (χ3n) is 1.93. The second-order valence-corrected chi connectivity index (χ2v) is 3.68. The van der Waals surface area contributed by atoms with E-state index < -0.39 is 12.0 Å². The second kappa shape index (κ2) is 4.56. The number of esters is 1. The number of rotatable bonds is 3. The highest BCUT2D eigenvalue weighted by atomic mass is 79.9. The maximum Gasteiger partial charge on any atom is 0.323 e. The minimum atomic E-state index is -0.647. The fraction of sp³-hybridized carbons (Fsp3) is 0.500. The molecule has 1 rings (SSSR count). The zero-order valence-corrected chi connectivity index (χ0v) is 9.61. The molecule has 2 N–H and O–H groups in total. The molecule has 14 heavy (non-hydrogen) atoms. The molecule has 0 aliphatic carbocycles. The number of imidazole rings is 1. The van der Waals surface area contributed by atoms with Gasteiger partial charge in [0, 0.05) is 13.5 Å². The average molecular weight is 262 g/mol. The Morgan fingerprint density at radius 2 is 2.50 bits per heavy atom. The normalized spacial score (nSPS) is 12.6. The Kier molecular flexibility index (Phi) is 3.65. The smallest absolute Gasteiger partial charge is 0.323 e. The van der Waals surface area contributed by atoms with Gasteiger partial charge < -0.3 is 15.0 Å². The summed E-state index contributed by atoms with van der Waals surface area (Å²) >= 11 is 3.28. The van der Waals surface area contributed by atoms with Crippen molar-refractivity contribution in [2.45, 2.75) is 12.5 Å². The molecule has 0 saturated carbocycles. The summed E-state index contributed by atoms with van der Waals surface area (Å²) in [6.45, 7) is 0. The molecule has 6 heteroatoms. The number of aromatic nitrogens is 2. The van der Waals surface area contributed by atoms with E-state index >= 15 is 0 Å². The summed E-state index contributed by atoms with van der Waals surface area (Å²) < 4.78 is 7.05. The molecule has 0 saturated heterocycles. The quantitative estimate of drug-likeness (QED) is 0.791. The maximum absolute atomic E-state index is 11.1. The third-order valence-corrected chi connectivity index (χ3v) is 2.59. The van der Waals surface area contributed by atoms with Crippen LogP contribution in [0.25, 0.3) is 0 Å². The van der Waals surface area contributed by atoms with Gasteiger partial charge in [0.05, 0.1) is 19.1 Å². The Morgan fingerprint density at radius 3 is 2.93 bits per heavy atom. The van der Waals surface area contributed by atoms with E-state index in [1.165, 1.54) is 7.11 Å². The average Bonchev–Trinajstić information content (AvgIpc) is 2.48. The minimum absolute atomic E-state index is 0.407. The first-order valence-corrected chi connectivity index (χ1v) is 4.84. The largest absolute Gasteiger partial charge is 0.468 e. The Morgan fingerprint density at radius 1 is 1.86 bits per heavy atom. The van der Waals surface area contributed by atoms with Gasteiger partial charge in [-0.05, 0) is 15.9 Å². The standard InChI is InChI=1S/C8H12BrN3O2/c1-12-4-11-7(9)6(12)3-5(10)8(13)14-2/h4-5H,3,10H2,1-2H3. The molecule has 0 aliphatic heterocycles. The number of ether oxygens (including phenoxy) is 1. The van der Waals surface area contributed by atoms with Gasteiger partial charge in [0.15, 0.2) is 0 Å². The molecule has 1 aromatic heterocycles. The minimum Gasteiger partial charge on any atom is -0.468 e. The summed E-state index contributed by atoms with van der Waals surface area (Å²) in [6.07, 6.45) is 2.06. The molecule has 1 atom stereocenters. The van der Waals surface area contributed by atoms with Crippen molar-refractivity contribution >= 4 is 21.9 Å². The lowest BCUT2D eigenvalue weighted by molar-refractivity contribution is -0.142. The predicted molar refractivity (Wildman–Crippen MR) is 54.6 cm³/mol. The summed E-state index contributed by atoms with van der Waals surface area (Å²) in [5.41, 5.74) is 6.50. The van der Waals surface area contributed by atoms with Gasteiger partial charge in [-0.3, -0.25) is 4.79 Å². The van der Waals surface area contributed by atoms with E-state index in [1.807, 2.05) is 11.6 Å². The second-order valence-electron chi connectivity index (χ2n) is 2.93. The van der Waals surface area contributed by atoms with Crippen molar-refractivity contribution < 1.29 is 9.53 Å². The molecule has 0 amide bonds. The fourth-order valence-corrected chi connectivity index (χ4v) is 1.63. The van der Waals surface area contributed by atoms with Crippen LogP contribution in [-0.2, 0) is 23.0 Å². The number of carbonyl (C=O) groups excluding carboxylic acids is 1. The highest BCUT2D eigenvalue weighted by Gasteiger charge is 2.18. The van der Waals surface area contributed by atoms with E-state index in [4.69, 9.17) is 5.73 Å². The van der Waals surface area contributed by atoms with Crippen molar-refractivity contribution in [1.29, 1.82) is 0 Å². The number of methoxy groups -OCH3 is 1. The first-order valence-electron chi connectivity index (χ1n) is 4.05. The lowest BCUT2D eigenvalue weighted by Gasteiger charge is -2.09. The summed E-state index contributed by atoms with van der Waals surface area (Å²) in [6, 6.07) is -0.647. The Balaban J connectivity index is 2.73. The van der Waals surface area contributed by atoms with Crippen molar-refractivity contribution in [3.63, 3.8) is 0 Å². The van der Waals surface area contributed by atoms with E-state index in [2.05, 4.69) is 25.7 Å². The highest BCUT2D eigenvalue weighted by molar-refractivity contribution is 9.10. The van der Waals surface area contributed by atoms with Crippen LogP contribution in [0.3, 0.4) is 0 Å². The Bertz CT molecular complexity index is 318. The molecule has 0 fully saturated rings. The lowest BCUT2D eigenvalue weighted by atomic mass is 10.2. The molecule has 5 nitrogen and oxygen atoms in total. The fourth-order valence-electron chi connectivity index (χ4n) is 1.10. The maximum atomic E-state index is 11.1. The van der Waals surface area contributed by atoms with Crippen LogP contribution in [-0.4, -0.2) is 28.7 Å². The van der Waals surface area contributed by atoms with Crippen LogP contribution in [0.2, 0.25) is 0 Å². The van der Waals surface area contributed by atoms with Gasteiger partial charge >= 0.3 is 5.97 Å². The number of hydrogen-bond donors (Lipinski definition) is 1. The summed E-state index contributed by atoms with van der Waals surface area (Å²) in [5.74, 6) is -0.418. The number of nitrogens with two attached hydrogens (primary N) is 1. The van der Waals surface area contributed by atoms with Gasteiger partial charge in [-0.25, -0.2) is 4.98 Å². The predicted octanol–water partition coefficient (Wildman–Crippen LogP) is 0.225. The first-order chi connectivity index (χ1) is 6.56. The van der Waals surface area contributed by atoms with Crippen molar-refractivity contribution in [2.24, 2.45) is 12.8 Å². The topological polar surface area (TPSA) is 70.1 Å². The molecular weight excluding hydrogens is 250 g/mol.